The molecule has 1 amide bonds. The third-order valence-electron chi connectivity index (χ3n) is 4.52. The van der Waals surface area contributed by atoms with E-state index >= 15 is 0 Å². The van der Waals surface area contributed by atoms with Crippen LogP contribution in [0.3, 0.4) is 0 Å². The molecule has 1 aliphatic heterocycles. The minimum Gasteiger partial charge on any atom is -0.383 e. The summed E-state index contributed by atoms with van der Waals surface area (Å²) in [7, 11) is 0. The molecule has 6 nitrogen and oxygen atoms in total. The fourth-order valence-electron chi connectivity index (χ4n) is 3.00. The highest BCUT2D eigenvalue weighted by atomic mass is 16.1. The molecular weight excluding hydrogens is 266 g/mol. The smallest absolute Gasteiger partial charge is 0.217 e. The van der Waals surface area contributed by atoms with E-state index in [0.29, 0.717) is 24.1 Å². The molecule has 0 unspecified atom stereocenters. The van der Waals surface area contributed by atoms with Crippen molar-refractivity contribution in [2.24, 2.45) is 11.7 Å². The number of hydrogen-bond donors (Lipinski definition) is 2. The van der Waals surface area contributed by atoms with Crippen molar-refractivity contribution in [2.75, 3.05) is 23.7 Å². The lowest BCUT2D eigenvalue weighted by Crippen LogP contribution is -2.36. The third-order valence-corrected chi connectivity index (χ3v) is 4.52. The van der Waals surface area contributed by atoms with Crippen molar-refractivity contribution in [1.82, 2.24) is 9.97 Å². The summed E-state index contributed by atoms with van der Waals surface area (Å²) in [6, 6.07) is 0. The highest BCUT2D eigenvalue weighted by molar-refractivity contribution is 5.74. The van der Waals surface area contributed by atoms with E-state index in [1.54, 1.807) is 0 Å². The minimum atomic E-state index is -0.202. The number of nitrogens with two attached hydrogens (primary N) is 2. The van der Waals surface area contributed by atoms with Gasteiger partial charge in [-0.15, -0.1) is 0 Å². The molecule has 0 aromatic carbocycles. The largest absolute Gasteiger partial charge is 0.383 e. The van der Waals surface area contributed by atoms with Crippen molar-refractivity contribution < 1.29 is 4.79 Å². The quantitative estimate of drug-likeness (QED) is 0.871. The van der Waals surface area contributed by atoms with Crippen LogP contribution >= 0.6 is 0 Å². The highest BCUT2D eigenvalue weighted by Gasteiger charge is 2.29. The van der Waals surface area contributed by atoms with Crippen molar-refractivity contribution in [3.63, 3.8) is 0 Å². The number of nitrogen functional groups attached to an aromatic ring is 1. The Morgan fingerprint density at radius 3 is 2.48 bits per heavy atom. The monoisotopic (exact) mass is 289 g/mol. The summed E-state index contributed by atoms with van der Waals surface area (Å²) in [5.41, 5.74) is 12.3. The zero-order valence-corrected chi connectivity index (χ0v) is 12.5. The standard InChI is InChI=1S/C15H23N5O/c1-9-13(17)18-14(11-2-3-11)19-15(9)20-6-4-10(5-7-20)8-12(16)21/h10-11H,2-8H2,1H3,(H2,16,21)(H2,17,18,19). The van der Waals surface area contributed by atoms with Gasteiger partial charge in [-0.25, -0.2) is 9.97 Å². The first-order valence-electron chi connectivity index (χ1n) is 7.72. The van der Waals surface area contributed by atoms with E-state index in [0.717, 1.165) is 43.1 Å². The molecule has 1 aromatic rings. The molecule has 2 heterocycles. The fourth-order valence-corrected chi connectivity index (χ4v) is 3.00. The Morgan fingerprint density at radius 2 is 1.90 bits per heavy atom. The summed E-state index contributed by atoms with van der Waals surface area (Å²) in [6.07, 6.45) is 4.79. The van der Waals surface area contributed by atoms with Crippen LogP contribution in [0.4, 0.5) is 11.6 Å². The van der Waals surface area contributed by atoms with Gasteiger partial charge in [-0.1, -0.05) is 0 Å². The van der Waals surface area contributed by atoms with Gasteiger partial charge in [0, 0.05) is 31.0 Å². The average Bonchev–Trinajstić information content (AvgIpc) is 3.26. The van der Waals surface area contributed by atoms with Gasteiger partial charge >= 0.3 is 0 Å². The number of anilines is 2. The number of carbonyl (C=O) groups excluding carboxylic acids is 1. The molecule has 0 radical (unpaired) electrons. The lowest BCUT2D eigenvalue weighted by Gasteiger charge is -2.33. The lowest BCUT2D eigenvalue weighted by atomic mass is 9.93. The highest BCUT2D eigenvalue weighted by Crippen LogP contribution is 2.40. The van der Waals surface area contributed by atoms with Crippen molar-refractivity contribution in [3.05, 3.63) is 11.4 Å². The van der Waals surface area contributed by atoms with Crippen LogP contribution in [-0.2, 0) is 4.79 Å². The Kier molecular flexibility index (Phi) is 3.69. The minimum absolute atomic E-state index is 0.202. The summed E-state index contributed by atoms with van der Waals surface area (Å²) in [6.45, 7) is 3.79. The first-order valence-corrected chi connectivity index (χ1v) is 7.72. The number of carbonyl (C=O) groups is 1. The second-order valence-electron chi connectivity index (χ2n) is 6.29. The average molecular weight is 289 g/mol. The van der Waals surface area contributed by atoms with Crippen LogP contribution in [0.2, 0.25) is 0 Å². The van der Waals surface area contributed by atoms with Gasteiger partial charge in [0.15, 0.2) is 0 Å². The van der Waals surface area contributed by atoms with Crippen molar-refractivity contribution in [2.45, 2.75) is 44.9 Å². The van der Waals surface area contributed by atoms with Gasteiger partial charge in [0.05, 0.1) is 0 Å². The molecule has 1 aliphatic carbocycles. The summed E-state index contributed by atoms with van der Waals surface area (Å²) in [4.78, 5) is 22.5. The van der Waals surface area contributed by atoms with Crippen LogP contribution in [0.15, 0.2) is 0 Å². The molecule has 2 fully saturated rings. The van der Waals surface area contributed by atoms with Crippen molar-refractivity contribution >= 4 is 17.5 Å². The van der Waals surface area contributed by atoms with Crippen LogP contribution in [-0.4, -0.2) is 29.0 Å². The molecule has 21 heavy (non-hydrogen) atoms. The molecule has 0 bridgehead atoms. The van der Waals surface area contributed by atoms with Gasteiger partial charge in [-0.2, -0.15) is 0 Å². The Morgan fingerprint density at radius 1 is 1.24 bits per heavy atom. The summed E-state index contributed by atoms with van der Waals surface area (Å²) >= 11 is 0. The van der Waals surface area contributed by atoms with Gasteiger partial charge < -0.3 is 16.4 Å². The van der Waals surface area contributed by atoms with Gasteiger partial charge in [-0.05, 0) is 38.5 Å². The SMILES string of the molecule is Cc1c(N)nc(C2CC2)nc1N1CCC(CC(N)=O)CC1. The summed E-state index contributed by atoms with van der Waals surface area (Å²) in [5, 5.41) is 0. The van der Waals surface area contributed by atoms with Gasteiger partial charge in [0.25, 0.3) is 0 Å². The van der Waals surface area contributed by atoms with E-state index in [9.17, 15) is 4.79 Å². The number of aromatic nitrogens is 2. The fraction of sp³-hybridized carbons (Fsp3) is 0.667. The molecule has 1 aromatic heterocycles. The maximum absolute atomic E-state index is 11.0. The molecule has 0 atom stereocenters. The van der Waals surface area contributed by atoms with Crippen LogP contribution in [0, 0.1) is 12.8 Å². The molecule has 114 valence electrons. The maximum atomic E-state index is 11.0. The number of amides is 1. The topological polar surface area (TPSA) is 98.1 Å². The van der Waals surface area contributed by atoms with Crippen molar-refractivity contribution in [3.8, 4) is 0 Å². The molecule has 6 heteroatoms. The zero-order valence-electron chi connectivity index (χ0n) is 12.5. The first-order chi connectivity index (χ1) is 10.0. The van der Waals surface area contributed by atoms with Gasteiger partial charge in [0.1, 0.15) is 17.5 Å². The number of rotatable bonds is 4. The number of hydrogen-bond acceptors (Lipinski definition) is 5. The van der Waals surface area contributed by atoms with Crippen LogP contribution in [0.5, 0.6) is 0 Å². The molecule has 4 N–H and O–H groups in total. The van der Waals surface area contributed by atoms with E-state index in [2.05, 4.69) is 9.88 Å². The van der Waals surface area contributed by atoms with E-state index in [4.69, 9.17) is 16.5 Å². The maximum Gasteiger partial charge on any atom is 0.217 e. The van der Waals surface area contributed by atoms with E-state index < -0.39 is 0 Å². The molecular formula is C15H23N5O. The van der Waals surface area contributed by atoms with Crippen LogP contribution in [0.25, 0.3) is 0 Å². The lowest BCUT2D eigenvalue weighted by molar-refractivity contribution is -0.119. The molecule has 1 saturated heterocycles. The molecule has 0 spiro atoms. The van der Waals surface area contributed by atoms with E-state index in [1.807, 2.05) is 6.92 Å². The molecule has 1 saturated carbocycles. The zero-order chi connectivity index (χ0) is 15.0. The second-order valence-corrected chi connectivity index (χ2v) is 6.29. The summed E-state index contributed by atoms with van der Waals surface area (Å²) in [5.74, 6) is 3.17. The van der Waals surface area contributed by atoms with Crippen molar-refractivity contribution in [1.29, 1.82) is 0 Å². The summed E-state index contributed by atoms with van der Waals surface area (Å²) < 4.78 is 0. The Hall–Kier alpha value is -1.85. The van der Waals surface area contributed by atoms with Crippen LogP contribution in [0.1, 0.15) is 49.4 Å². The number of piperidine rings is 1. The third kappa shape index (κ3) is 3.09. The van der Waals surface area contributed by atoms with Gasteiger partial charge in [-0.3, -0.25) is 4.79 Å². The van der Waals surface area contributed by atoms with E-state index in [-0.39, 0.29) is 5.91 Å². The normalized spacial score (nSPS) is 19.8. The number of primary amides is 1. The predicted octanol–water partition coefficient (Wildman–Crippen LogP) is 1.34. The van der Waals surface area contributed by atoms with Gasteiger partial charge in [0.2, 0.25) is 5.91 Å². The predicted molar refractivity (Wildman–Crippen MR) is 81.9 cm³/mol. The Labute approximate surface area is 124 Å². The molecule has 3 rings (SSSR count). The van der Waals surface area contributed by atoms with E-state index in [1.165, 1.54) is 12.8 Å². The first kappa shape index (κ1) is 14.1. The number of nitrogens with zero attached hydrogens (tertiary/aromatic N) is 3. The van der Waals surface area contributed by atoms with Crippen LogP contribution < -0.4 is 16.4 Å². The Bertz CT molecular complexity index is 547. The molecule has 2 aliphatic rings. The second kappa shape index (κ2) is 5.50. The Balaban J connectivity index is 1.74.